The molecule has 0 spiro atoms. The summed E-state index contributed by atoms with van der Waals surface area (Å²) in [5, 5.41) is 14.6. The summed E-state index contributed by atoms with van der Waals surface area (Å²) < 4.78 is 11.4. The lowest BCUT2D eigenvalue weighted by atomic mass is 10.2. The summed E-state index contributed by atoms with van der Waals surface area (Å²) in [7, 11) is 3.11. The molecule has 31 heavy (non-hydrogen) atoms. The first kappa shape index (κ1) is 23.3. The Balaban J connectivity index is 1.72. The van der Waals surface area contributed by atoms with Crippen LogP contribution in [0.2, 0.25) is 0 Å². The number of nitrogens with zero attached hydrogens (tertiary/aromatic N) is 1. The van der Waals surface area contributed by atoms with Gasteiger partial charge in [0.25, 0.3) is 11.6 Å². The smallest absolute Gasteiger partial charge is 0.294 e. The van der Waals surface area contributed by atoms with Crippen LogP contribution in [0.3, 0.4) is 0 Å². The van der Waals surface area contributed by atoms with Gasteiger partial charge in [0.1, 0.15) is 11.2 Å². The second-order valence-electron chi connectivity index (χ2n) is 6.71. The molecule has 0 fully saturated rings. The molecule has 10 heteroatoms. The molecule has 1 atom stereocenters. The number of nitro groups is 1. The third-order valence-electron chi connectivity index (χ3n) is 4.65. The second-order valence-corrected chi connectivity index (χ2v) is 8.86. The largest absolute Gasteiger partial charge is 0.355 e. The van der Waals surface area contributed by atoms with E-state index < -0.39 is 11.2 Å². The number of nitro benzene ring substituents is 1. The SMILES string of the molecule is COC(OC)C(CNC(=O)c1cc2cc(Br)cc([N+](=O)[O-])c2[nH]1)SCc1ccccc1. The molecule has 3 aromatic rings. The lowest BCUT2D eigenvalue weighted by Crippen LogP contribution is -2.39. The van der Waals surface area contributed by atoms with Gasteiger partial charge in [-0.1, -0.05) is 46.3 Å². The number of ether oxygens (including phenoxy) is 2. The number of halogens is 1. The average molecular weight is 508 g/mol. The van der Waals surface area contributed by atoms with E-state index >= 15 is 0 Å². The predicted octanol–water partition coefficient (Wildman–Crippen LogP) is 4.49. The van der Waals surface area contributed by atoms with E-state index in [0.717, 1.165) is 11.3 Å². The Morgan fingerprint density at radius 2 is 1.94 bits per heavy atom. The van der Waals surface area contributed by atoms with Gasteiger partial charge in [-0.25, -0.2) is 0 Å². The van der Waals surface area contributed by atoms with E-state index in [9.17, 15) is 14.9 Å². The Kier molecular flexibility index (Phi) is 8.08. The van der Waals surface area contributed by atoms with Gasteiger partial charge in [0.05, 0.1) is 10.2 Å². The highest BCUT2D eigenvalue weighted by molar-refractivity contribution is 9.10. The van der Waals surface area contributed by atoms with Gasteiger partial charge in [0.15, 0.2) is 6.29 Å². The number of methoxy groups -OCH3 is 2. The number of benzene rings is 2. The maximum Gasteiger partial charge on any atom is 0.294 e. The summed E-state index contributed by atoms with van der Waals surface area (Å²) in [5.41, 5.74) is 1.61. The Hall–Kier alpha value is -2.40. The Morgan fingerprint density at radius 1 is 1.23 bits per heavy atom. The predicted molar refractivity (Wildman–Crippen MR) is 124 cm³/mol. The van der Waals surface area contributed by atoms with Crippen LogP contribution >= 0.6 is 27.7 Å². The van der Waals surface area contributed by atoms with Crippen LogP contribution in [0, 0.1) is 10.1 Å². The molecule has 0 saturated heterocycles. The number of non-ortho nitro benzene ring substituents is 1. The van der Waals surface area contributed by atoms with Gasteiger partial charge in [-0.3, -0.25) is 14.9 Å². The fourth-order valence-corrected chi connectivity index (χ4v) is 4.80. The number of aromatic amines is 1. The van der Waals surface area contributed by atoms with Gasteiger partial charge in [0, 0.05) is 42.4 Å². The fraction of sp³-hybridized carbons (Fsp3) is 0.286. The van der Waals surface area contributed by atoms with Crippen molar-refractivity contribution in [3.63, 3.8) is 0 Å². The van der Waals surface area contributed by atoms with Crippen molar-refractivity contribution in [1.82, 2.24) is 10.3 Å². The van der Waals surface area contributed by atoms with Crippen LogP contribution in [0.15, 0.2) is 53.0 Å². The van der Waals surface area contributed by atoms with Crippen molar-refractivity contribution in [3.05, 3.63) is 74.4 Å². The summed E-state index contributed by atoms with van der Waals surface area (Å²) in [5.74, 6) is 0.370. The molecular weight excluding hydrogens is 486 g/mol. The van der Waals surface area contributed by atoms with Crippen molar-refractivity contribution in [2.24, 2.45) is 0 Å². The molecule has 0 radical (unpaired) electrons. The molecule has 1 amide bonds. The number of fused-ring (bicyclic) bond motifs is 1. The molecule has 8 nitrogen and oxygen atoms in total. The standard InChI is InChI=1S/C21H22BrN3O5S/c1-29-21(30-2)18(31-12-13-6-4-3-5-7-13)11-23-20(26)16-9-14-8-15(22)10-17(25(27)28)19(14)24-16/h3-10,18,21,24H,11-12H2,1-2H3,(H,23,26). The molecule has 0 aliphatic rings. The van der Waals surface area contributed by atoms with Gasteiger partial charge in [-0.15, -0.1) is 11.8 Å². The first-order chi connectivity index (χ1) is 14.9. The first-order valence-electron chi connectivity index (χ1n) is 9.39. The number of aromatic nitrogens is 1. The van der Waals surface area contributed by atoms with E-state index in [1.54, 1.807) is 38.1 Å². The third-order valence-corrected chi connectivity index (χ3v) is 6.43. The maximum absolute atomic E-state index is 12.7. The number of carbonyl (C=O) groups excluding carboxylic acids is 1. The molecule has 0 aliphatic heterocycles. The van der Waals surface area contributed by atoms with Crippen LogP contribution in [0.4, 0.5) is 5.69 Å². The molecule has 164 valence electrons. The van der Waals surface area contributed by atoms with Crippen LogP contribution in [-0.4, -0.2) is 48.1 Å². The number of thioether (sulfide) groups is 1. The van der Waals surface area contributed by atoms with Crippen LogP contribution in [0.1, 0.15) is 16.1 Å². The summed E-state index contributed by atoms with van der Waals surface area (Å²) in [4.78, 5) is 26.5. The third kappa shape index (κ3) is 5.85. The molecule has 1 unspecified atom stereocenters. The minimum atomic E-state index is -0.506. The quantitative estimate of drug-likeness (QED) is 0.238. The highest BCUT2D eigenvalue weighted by Gasteiger charge is 2.24. The Morgan fingerprint density at radius 3 is 2.58 bits per heavy atom. The molecule has 1 aromatic heterocycles. The van der Waals surface area contributed by atoms with E-state index in [1.807, 2.05) is 30.3 Å². The number of amides is 1. The van der Waals surface area contributed by atoms with Crippen LogP contribution < -0.4 is 5.32 Å². The van der Waals surface area contributed by atoms with Crippen molar-refractivity contribution in [3.8, 4) is 0 Å². The minimum absolute atomic E-state index is 0.0986. The van der Waals surface area contributed by atoms with Crippen LogP contribution in [-0.2, 0) is 15.2 Å². The Labute approximate surface area is 192 Å². The van der Waals surface area contributed by atoms with Gasteiger partial charge in [0.2, 0.25) is 0 Å². The van der Waals surface area contributed by atoms with Crippen LogP contribution in [0.5, 0.6) is 0 Å². The van der Waals surface area contributed by atoms with Gasteiger partial charge >= 0.3 is 0 Å². The Bertz CT molecular complexity index is 1060. The molecule has 2 aromatic carbocycles. The molecule has 3 rings (SSSR count). The zero-order valence-electron chi connectivity index (χ0n) is 17.0. The van der Waals surface area contributed by atoms with E-state index in [2.05, 4.69) is 26.2 Å². The van der Waals surface area contributed by atoms with Crippen molar-refractivity contribution in [1.29, 1.82) is 0 Å². The maximum atomic E-state index is 12.7. The average Bonchev–Trinajstić information content (AvgIpc) is 3.19. The molecular formula is C21H22BrN3O5S. The van der Waals surface area contributed by atoms with Gasteiger partial charge < -0.3 is 19.8 Å². The lowest BCUT2D eigenvalue weighted by Gasteiger charge is -2.24. The minimum Gasteiger partial charge on any atom is -0.355 e. The number of hydrogen-bond acceptors (Lipinski definition) is 6. The van der Waals surface area contributed by atoms with E-state index in [4.69, 9.17) is 9.47 Å². The summed E-state index contributed by atoms with van der Waals surface area (Å²) in [6.07, 6.45) is -0.506. The summed E-state index contributed by atoms with van der Waals surface area (Å²) in [6.45, 7) is 0.295. The van der Waals surface area contributed by atoms with Crippen molar-refractivity contribution in [2.75, 3.05) is 20.8 Å². The first-order valence-corrected chi connectivity index (χ1v) is 11.2. The van der Waals surface area contributed by atoms with Crippen molar-refractivity contribution < 1.29 is 19.2 Å². The molecule has 2 N–H and O–H groups in total. The number of nitrogens with one attached hydrogen (secondary N) is 2. The zero-order chi connectivity index (χ0) is 22.4. The monoisotopic (exact) mass is 507 g/mol. The number of carbonyl (C=O) groups is 1. The highest BCUT2D eigenvalue weighted by Crippen LogP contribution is 2.30. The lowest BCUT2D eigenvalue weighted by molar-refractivity contribution is -0.383. The molecule has 0 bridgehead atoms. The molecule has 0 saturated carbocycles. The number of H-pyrrole nitrogens is 1. The highest BCUT2D eigenvalue weighted by atomic mass is 79.9. The molecule has 1 heterocycles. The second kappa shape index (κ2) is 10.8. The normalized spacial score (nSPS) is 12.3. The van der Waals surface area contributed by atoms with Crippen molar-refractivity contribution in [2.45, 2.75) is 17.3 Å². The zero-order valence-corrected chi connectivity index (χ0v) is 19.4. The van der Waals surface area contributed by atoms with Gasteiger partial charge in [-0.2, -0.15) is 0 Å². The van der Waals surface area contributed by atoms with E-state index in [-0.39, 0.29) is 22.5 Å². The van der Waals surface area contributed by atoms with E-state index in [0.29, 0.717) is 21.9 Å². The summed E-state index contributed by atoms with van der Waals surface area (Å²) >= 11 is 4.88. The van der Waals surface area contributed by atoms with Crippen molar-refractivity contribution >= 4 is 50.2 Å². The molecule has 0 aliphatic carbocycles. The number of rotatable bonds is 10. The van der Waals surface area contributed by atoms with E-state index in [1.165, 1.54) is 6.07 Å². The fourth-order valence-electron chi connectivity index (χ4n) is 3.16. The number of hydrogen-bond donors (Lipinski definition) is 2. The summed E-state index contributed by atoms with van der Waals surface area (Å²) in [6, 6.07) is 14.7. The van der Waals surface area contributed by atoms with Gasteiger partial charge in [-0.05, 0) is 17.7 Å². The topological polar surface area (TPSA) is 106 Å². The van der Waals surface area contributed by atoms with Crippen LogP contribution in [0.25, 0.3) is 10.9 Å².